The Labute approximate surface area is 101 Å². The average Bonchev–Trinajstić information content (AvgIpc) is 2.59. The molecule has 1 aromatic rings. The van der Waals surface area contributed by atoms with E-state index in [1.807, 2.05) is 6.92 Å². The van der Waals surface area contributed by atoms with Crippen molar-refractivity contribution in [1.82, 2.24) is 5.32 Å². The van der Waals surface area contributed by atoms with Gasteiger partial charge in [0, 0.05) is 24.6 Å². The first-order valence-electron chi connectivity index (χ1n) is 5.39. The number of rotatable bonds is 2. The van der Waals surface area contributed by atoms with Crippen LogP contribution in [-0.4, -0.2) is 27.1 Å². The monoisotopic (exact) mass is 253 g/mol. The molecule has 1 aliphatic rings. The van der Waals surface area contributed by atoms with Crippen LogP contribution in [0.25, 0.3) is 0 Å². The smallest absolute Gasteiger partial charge is 0.220 e. The van der Waals surface area contributed by atoms with Crippen molar-refractivity contribution in [2.75, 3.05) is 12.8 Å². The number of carbonyl (C=O) groups is 1. The zero-order valence-corrected chi connectivity index (χ0v) is 10.7. The highest BCUT2D eigenvalue weighted by Gasteiger charge is 2.35. The van der Waals surface area contributed by atoms with Crippen LogP contribution < -0.4 is 5.32 Å². The van der Waals surface area contributed by atoms with Crippen molar-refractivity contribution >= 4 is 15.7 Å². The second kappa shape index (κ2) is 3.84. The van der Waals surface area contributed by atoms with Crippen molar-refractivity contribution in [3.05, 3.63) is 29.8 Å². The van der Waals surface area contributed by atoms with Gasteiger partial charge in [0.15, 0.2) is 9.84 Å². The third kappa shape index (κ3) is 2.34. The van der Waals surface area contributed by atoms with Crippen molar-refractivity contribution in [2.45, 2.75) is 23.7 Å². The maximum atomic E-state index is 11.3. The SMILES string of the molecule is CC1(c2ccc(S(C)(=O)=O)cc2)CNC(=O)C1. The molecular weight excluding hydrogens is 238 g/mol. The Bertz CT molecular complexity index is 548. The largest absolute Gasteiger partial charge is 0.355 e. The molecule has 0 radical (unpaired) electrons. The van der Waals surface area contributed by atoms with Crippen LogP contribution in [0.2, 0.25) is 0 Å². The van der Waals surface area contributed by atoms with Gasteiger partial charge in [0.1, 0.15) is 0 Å². The van der Waals surface area contributed by atoms with E-state index in [1.165, 1.54) is 6.26 Å². The number of amides is 1. The minimum absolute atomic E-state index is 0.0414. The van der Waals surface area contributed by atoms with Crippen LogP contribution >= 0.6 is 0 Å². The van der Waals surface area contributed by atoms with Gasteiger partial charge in [0.25, 0.3) is 0 Å². The first kappa shape index (κ1) is 12.1. The van der Waals surface area contributed by atoms with Crippen LogP contribution in [0.4, 0.5) is 0 Å². The van der Waals surface area contributed by atoms with Crippen molar-refractivity contribution in [2.24, 2.45) is 0 Å². The Morgan fingerprint density at radius 2 is 1.82 bits per heavy atom. The number of carbonyl (C=O) groups excluding carboxylic acids is 1. The van der Waals surface area contributed by atoms with Gasteiger partial charge in [-0.2, -0.15) is 0 Å². The molecule has 1 aromatic carbocycles. The minimum Gasteiger partial charge on any atom is -0.355 e. The summed E-state index contributed by atoms with van der Waals surface area (Å²) >= 11 is 0. The molecule has 1 saturated heterocycles. The molecule has 0 saturated carbocycles. The van der Waals surface area contributed by atoms with Crippen LogP contribution in [0.1, 0.15) is 18.9 Å². The molecule has 1 atom stereocenters. The lowest BCUT2D eigenvalue weighted by Gasteiger charge is -2.22. The Morgan fingerprint density at radius 3 is 2.24 bits per heavy atom. The van der Waals surface area contributed by atoms with E-state index >= 15 is 0 Å². The molecule has 2 rings (SSSR count). The van der Waals surface area contributed by atoms with Crippen molar-refractivity contribution in [3.63, 3.8) is 0 Å². The number of nitrogens with one attached hydrogen (secondary N) is 1. The Balaban J connectivity index is 2.33. The molecular formula is C12H15NO3S. The molecule has 0 bridgehead atoms. The Hall–Kier alpha value is -1.36. The molecule has 17 heavy (non-hydrogen) atoms. The van der Waals surface area contributed by atoms with Gasteiger partial charge in [0.05, 0.1) is 4.90 Å². The molecule has 0 spiro atoms. The van der Waals surface area contributed by atoms with Crippen molar-refractivity contribution in [1.29, 1.82) is 0 Å². The summed E-state index contributed by atoms with van der Waals surface area (Å²) in [5.74, 6) is 0.0414. The summed E-state index contributed by atoms with van der Waals surface area (Å²) in [6.45, 7) is 2.60. The second-order valence-electron chi connectivity index (χ2n) is 4.81. The van der Waals surface area contributed by atoms with Gasteiger partial charge in [-0.05, 0) is 17.7 Å². The zero-order valence-electron chi connectivity index (χ0n) is 9.86. The van der Waals surface area contributed by atoms with E-state index in [0.29, 0.717) is 17.9 Å². The van der Waals surface area contributed by atoms with E-state index in [1.54, 1.807) is 24.3 Å². The van der Waals surface area contributed by atoms with Crippen molar-refractivity contribution < 1.29 is 13.2 Å². The average molecular weight is 253 g/mol. The van der Waals surface area contributed by atoms with E-state index in [-0.39, 0.29) is 11.3 Å². The summed E-state index contributed by atoms with van der Waals surface area (Å²) < 4.78 is 22.7. The lowest BCUT2D eigenvalue weighted by atomic mass is 9.82. The third-order valence-electron chi connectivity index (χ3n) is 3.21. The summed E-state index contributed by atoms with van der Waals surface area (Å²) in [6.07, 6.45) is 1.63. The van der Waals surface area contributed by atoms with Crippen LogP contribution in [0.3, 0.4) is 0 Å². The number of hydrogen-bond donors (Lipinski definition) is 1. The molecule has 4 nitrogen and oxygen atoms in total. The van der Waals surface area contributed by atoms with E-state index < -0.39 is 9.84 Å². The van der Waals surface area contributed by atoms with Gasteiger partial charge < -0.3 is 5.32 Å². The Morgan fingerprint density at radius 1 is 1.24 bits per heavy atom. The van der Waals surface area contributed by atoms with Crippen molar-refractivity contribution in [3.8, 4) is 0 Å². The number of hydrogen-bond acceptors (Lipinski definition) is 3. The molecule has 0 aliphatic carbocycles. The van der Waals surface area contributed by atoms with Gasteiger partial charge >= 0.3 is 0 Å². The molecule has 1 fully saturated rings. The second-order valence-corrected chi connectivity index (χ2v) is 6.83. The molecule has 5 heteroatoms. The number of sulfone groups is 1. The fourth-order valence-electron chi connectivity index (χ4n) is 2.08. The van der Waals surface area contributed by atoms with Crippen LogP contribution in [0, 0.1) is 0 Å². The highest BCUT2D eigenvalue weighted by molar-refractivity contribution is 7.90. The topological polar surface area (TPSA) is 63.2 Å². The molecule has 0 aromatic heterocycles. The minimum atomic E-state index is -3.16. The van der Waals surface area contributed by atoms with E-state index in [9.17, 15) is 13.2 Å². The van der Waals surface area contributed by atoms with Gasteiger partial charge in [0.2, 0.25) is 5.91 Å². The number of benzene rings is 1. The van der Waals surface area contributed by atoms with E-state index in [4.69, 9.17) is 0 Å². The maximum Gasteiger partial charge on any atom is 0.220 e. The first-order chi connectivity index (χ1) is 7.81. The van der Waals surface area contributed by atoms with Crippen LogP contribution in [-0.2, 0) is 20.0 Å². The zero-order chi connectivity index (χ0) is 12.7. The standard InChI is InChI=1S/C12H15NO3S/c1-12(7-11(14)13-8-12)9-3-5-10(6-4-9)17(2,15)16/h3-6H,7-8H2,1-2H3,(H,13,14). The summed E-state index contributed by atoms with van der Waals surface area (Å²) in [5, 5.41) is 2.80. The molecule has 1 heterocycles. The molecule has 1 N–H and O–H groups in total. The Kier molecular flexibility index (Phi) is 2.73. The van der Waals surface area contributed by atoms with E-state index in [2.05, 4.69) is 5.32 Å². The predicted molar refractivity (Wildman–Crippen MR) is 64.5 cm³/mol. The van der Waals surface area contributed by atoms with Gasteiger partial charge in [-0.25, -0.2) is 8.42 Å². The summed E-state index contributed by atoms with van der Waals surface area (Å²) in [6, 6.07) is 6.77. The predicted octanol–water partition coefficient (Wildman–Crippen LogP) is 0.868. The first-order valence-corrected chi connectivity index (χ1v) is 7.28. The molecule has 1 aliphatic heterocycles. The van der Waals surface area contributed by atoms with Crippen LogP contribution in [0.5, 0.6) is 0 Å². The fourth-order valence-corrected chi connectivity index (χ4v) is 2.71. The lowest BCUT2D eigenvalue weighted by Crippen LogP contribution is -2.24. The summed E-state index contributed by atoms with van der Waals surface area (Å²) in [5.41, 5.74) is 0.760. The van der Waals surface area contributed by atoms with Gasteiger partial charge in [-0.3, -0.25) is 4.79 Å². The summed E-state index contributed by atoms with van der Waals surface area (Å²) in [7, 11) is -3.16. The highest BCUT2D eigenvalue weighted by Crippen LogP contribution is 2.31. The van der Waals surface area contributed by atoms with E-state index in [0.717, 1.165) is 5.56 Å². The third-order valence-corrected chi connectivity index (χ3v) is 4.33. The van der Waals surface area contributed by atoms with Crippen LogP contribution in [0.15, 0.2) is 29.2 Å². The molecule has 92 valence electrons. The summed E-state index contributed by atoms with van der Waals surface area (Å²) in [4.78, 5) is 11.6. The van der Waals surface area contributed by atoms with Gasteiger partial charge in [-0.1, -0.05) is 19.1 Å². The quantitative estimate of drug-likeness (QED) is 0.850. The normalized spacial score (nSPS) is 24.7. The lowest BCUT2D eigenvalue weighted by molar-refractivity contribution is -0.119. The van der Waals surface area contributed by atoms with Gasteiger partial charge in [-0.15, -0.1) is 0 Å². The molecule has 1 unspecified atom stereocenters. The fraction of sp³-hybridized carbons (Fsp3) is 0.417. The maximum absolute atomic E-state index is 11.3. The highest BCUT2D eigenvalue weighted by atomic mass is 32.2. The molecule has 1 amide bonds.